The predicted molar refractivity (Wildman–Crippen MR) is 84.0 cm³/mol. The van der Waals surface area contributed by atoms with Crippen LogP contribution >= 0.6 is 0 Å². The Labute approximate surface area is 141 Å². The summed E-state index contributed by atoms with van der Waals surface area (Å²) in [7, 11) is 0. The predicted octanol–water partition coefficient (Wildman–Crippen LogP) is 3.62. The van der Waals surface area contributed by atoms with Crippen molar-refractivity contribution in [2.24, 2.45) is 0 Å². The van der Waals surface area contributed by atoms with E-state index in [0.29, 0.717) is 0 Å². The number of rotatable bonds is 5. The zero-order valence-corrected chi connectivity index (χ0v) is 13.2. The Balaban J connectivity index is 2.07. The van der Waals surface area contributed by atoms with Gasteiger partial charge in [0.25, 0.3) is 0 Å². The Morgan fingerprint density at radius 2 is 1.60 bits per heavy atom. The Hall–Kier alpha value is -2.90. The molecule has 0 atom stereocenters. The number of nitrogens with one attached hydrogen (secondary N) is 1. The van der Waals surface area contributed by atoms with Gasteiger partial charge < -0.3 is 10.2 Å². The molecule has 2 rings (SSSR count). The molecule has 0 saturated heterocycles. The molecule has 2 aromatic rings. The largest absolute Gasteiger partial charge is 0.321 e. The fourth-order valence-corrected chi connectivity index (χ4v) is 2.15. The molecule has 0 spiro atoms. The van der Waals surface area contributed by atoms with Gasteiger partial charge in [0.2, 0.25) is 11.8 Å². The highest BCUT2D eigenvalue weighted by molar-refractivity contribution is 5.94. The summed E-state index contributed by atoms with van der Waals surface area (Å²) in [5.74, 6) is -5.31. The average Bonchev–Trinajstić information content (AvgIpc) is 2.54. The summed E-state index contributed by atoms with van der Waals surface area (Å²) in [6.07, 6.45) is -0.299. The van der Waals surface area contributed by atoms with E-state index in [9.17, 15) is 27.2 Å². The van der Waals surface area contributed by atoms with Gasteiger partial charge in [0.15, 0.2) is 11.6 Å². The molecule has 2 amide bonds. The summed E-state index contributed by atoms with van der Waals surface area (Å²) in [6, 6.07) is 6.00. The molecule has 8 heteroatoms. The van der Waals surface area contributed by atoms with Crippen molar-refractivity contribution in [1.29, 1.82) is 0 Å². The molecule has 0 aliphatic carbocycles. The molecule has 4 nitrogen and oxygen atoms in total. The van der Waals surface area contributed by atoms with Crippen LogP contribution in [0.5, 0.6) is 0 Å². The molecule has 0 radical (unpaired) electrons. The third-order valence-electron chi connectivity index (χ3n) is 3.38. The Morgan fingerprint density at radius 1 is 0.960 bits per heavy atom. The van der Waals surface area contributed by atoms with Gasteiger partial charge in [-0.1, -0.05) is 6.07 Å². The first kappa shape index (κ1) is 18.4. The third kappa shape index (κ3) is 4.56. The van der Waals surface area contributed by atoms with E-state index in [0.717, 1.165) is 35.2 Å². The van der Waals surface area contributed by atoms with Gasteiger partial charge in [0, 0.05) is 31.6 Å². The summed E-state index contributed by atoms with van der Waals surface area (Å²) in [5.41, 5.74) is -0.522. The number of carbonyl (C=O) groups excluding carboxylic acids is 2. The summed E-state index contributed by atoms with van der Waals surface area (Å²) in [5, 5.41) is 2.08. The van der Waals surface area contributed by atoms with E-state index in [1.54, 1.807) is 0 Å². The highest BCUT2D eigenvalue weighted by Gasteiger charge is 2.17. The Bertz CT molecular complexity index is 791. The molecular formula is C17H14F4N2O2. The second-order valence-electron chi connectivity index (χ2n) is 5.16. The van der Waals surface area contributed by atoms with Crippen LogP contribution in [0.3, 0.4) is 0 Å². The van der Waals surface area contributed by atoms with Crippen LogP contribution in [-0.4, -0.2) is 18.4 Å². The van der Waals surface area contributed by atoms with Gasteiger partial charge in [-0.3, -0.25) is 9.59 Å². The fourth-order valence-electron chi connectivity index (χ4n) is 2.15. The van der Waals surface area contributed by atoms with Gasteiger partial charge in [-0.05, 0) is 24.3 Å². The summed E-state index contributed by atoms with van der Waals surface area (Å²) >= 11 is 0. The van der Waals surface area contributed by atoms with Gasteiger partial charge >= 0.3 is 0 Å². The number of halogens is 4. The molecule has 25 heavy (non-hydrogen) atoms. The van der Waals surface area contributed by atoms with Gasteiger partial charge in [-0.25, -0.2) is 17.6 Å². The molecule has 1 N–H and O–H groups in total. The second kappa shape index (κ2) is 7.78. The summed E-state index contributed by atoms with van der Waals surface area (Å²) in [4.78, 5) is 24.6. The SMILES string of the molecule is CC(=O)N(CCC(=O)Nc1c(F)cccc1F)c1ccc(F)c(F)c1. The lowest BCUT2D eigenvalue weighted by Crippen LogP contribution is -2.32. The second-order valence-corrected chi connectivity index (χ2v) is 5.16. The highest BCUT2D eigenvalue weighted by Crippen LogP contribution is 2.20. The molecule has 0 heterocycles. The first-order chi connectivity index (χ1) is 11.8. The highest BCUT2D eigenvalue weighted by atomic mass is 19.2. The van der Waals surface area contributed by atoms with Crippen molar-refractivity contribution < 1.29 is 27.2 Å². The number of carbonyl (C=O) groups is 2. The maximum absolute atomic E-state index is 13.5. The van der Waals surface area contributed by atoms with Crippen molar-refractivity contribution in [2.45, 2.75) is 13.3 Å². The third-order valence-corrected chi connectivity index (χ3v) is 3.38. The van der Waals surface area contributed by atoms with Crippen molar-refractivity contribution in [3.63, 3.8) is 0 Å². The number of amides is 2. The van der Waals surface area contributed by atoms with E-state index < -0.39 is 40.8 Å². The van der Waals surface area contributed by atoms with Crippen LogP contribution in [0.25, 0.3) is 0 Å². The molecule has 0 unspecified atom stereocenters. The number of para-hydroxylation sites is 1. The van der Waals surface area contributed by atoms with Crippen LogP contribution in [0.15, 0.2) is 36.4 Å². The maximum Gasteiger partial charge on any atom is 0.226 e. The standard InChI is InChI=1S/C17H14F4N2O2/c1-10(24)23(11-5-6-12(18)15(21)9-11)8-7-16(25)22-17-13(19)3-2-4-14(17)20/h2-6,9H,7-8H2,1H3,(H,22,25). The van der Waals surface area contributed by atoms with Crippen LogP contribution in [0.4, 0.5) is 28.9 Å². The summed E-state index contributed by atoms with van der Waals surface area (Å²) in [6.45, 7) is 1.01. The number of nitrogens with zero attached hydrogens (tertiary/aromatic N) is 1. The molecule has 0 bridgehead atoms. The minimum Gasteiger partial charge on any atom is -0.321 e. The quantitative estimate of drug-likeness (QED) is 0.834. The van der Waals surface area contributed by atoms with Crippen molar-refractivity contribution in [3.8, 4) is 0 Å². The molecule has 0 aliphatic rings. The summed E-state index contributed by atoms with van der Waals surface area (Å²) < 4.78 is 53.3. The molecule has 0 saturated carbocycles. The first-order valence-electron chi connectivity index (χ1n) is 7.26. The zero-order chi connectivity index (χ0) is 18.6. The Kier molecular flexibility index (Phi) is 5.74. The zero-order valence-electron chi connectivity index (χ0n) is 13.2. The fraction of sp³-hybridized carbons (Fsp3) is 0.176. The lowest BCUT2D eigenvalue weighted by atomic mass is 10.2. The molecule has 0 fully saturated rings. The number of hydrogen-bond acceptors (Lipinski definition) is 2. The topological polar surface area (TPSA) is 49.4 Å². The monoisotopic (exact) mass is 354 g/mol. The van der Waals surface area contributed by atoms with Crippen LogP contribution in [-0.2, 0) is 9.59 Å². The van der Waals surface area contributed by atoms with Gasteiger partial charge in [-0.15, -0.1) is 0 Å². The minimum atomic E-state index is -1.14. The van der Waals surface area contributed by atoms with Crippen LogP contribution in [0, 0.1) is 23.3 Å². The normalized spacial score (nSPS) is 10.4. The Morgan fingerprint density at radius 3 is 2.16 bits per heavy atom. The number of anilines is 2. The number of hydrogen-bond donors (Lipinski definition) is 1. The van der Waals surface area contributed by atoms with Crippen molar-refractivity contribution in [2.75, 3.05) is 16.8 Å². The van der Waals surface area contributed by atoms with E-state index in [1.165, 1.54) is 13.0 Å². The average molecular weight is 354 g/mol. The van der Waals surface area contributed by atoms with Crippen LogP contribution < -0.4 is 10.2 Å². The molecule has 0 aliphatic heterocycles. The molecular weight excluding hydrogens is 340 g/mol. The van der Waals surface area contributed by atoms with E-state index in [1.807, 2.05) is 0 Å². The van der Waals surface area contributed by atoms with E-state index in [2.05, 4.69) is 5.32 Å². The smallest absolute Gasteiger partial charge is 0.226 e. The maximum atomic E-state index is 13.5. The number of benzene rings is 2. The van der Waals surface area contributed by atoms with E-state index >= 15 is 0 Å². The van der Waals surface area contributed by atoms with E-state index in [-0.39, 0.29) is 18.7 Å². The van der Waals surface area contributed by atoms with Gasteiger partial charge in [0.1, 0.15) is 17.3 Å². The molecule has 132 valence electrons. The molecule has 0 aromatic heterocycles. The van der Waals surface area contributed by atoms with Crippen molar-refractivity contribution in [1.82, 2.24) is 0 Å². The lowest BCUT2D eigenvalue weighted by Gasteiger charge is -2.21. The molecule has 2 aromatic carbocycles. The van der Waals surface area contributed by atoms with Gasteiger partial charge in [-0.2, -0.15) is 0 Å². The van der Waals surface area contributed by atoms with E-state index in [4.69, 9.17) is 0 Å². The van der Waals surface area contributed by atoms with Gasteiger partial charge in [0.05, 0.1) is 0 Å². The van der Waals surface area contributed by atoms with Crippen molar-refractivity contribution >= 4 is 23.2 Å². The first-order valence-corrected chi connectivity index (χ1v) is 7.26. The van der Waals surface area contributed by atoms with Crippen LogP contribution in [0.2, 0.25) is 0 Å². The minimum absolute atomic E-state index is 0.0660. The lowest BCUT2D eigenvalue weighted by molar-refractivity contribution is -0.117. The van der Waals surface area contributed by atoms with Crippen molar-refractivity contribution in [3.05, 3.63) is 59.7 Å². The van der Waals surface area contributed by atoms with Crippen LogP contribution in [0.1, 0.15) is 13.3 Å².